The van der Waals surface area contributed by atoms with Gasteiger partial charge in [-0.1, -0.05) is 12.1 Å². The van der Waals surface area contributed by atoms with Crippen LogP contribution >= 0.6 is 0 Å². The fourth-order valence-corrected chi connectivity index (χ4v) is 3.21. The van der Waals surface area contributed by atoms with Crippen molar-refractivity contribution in [2.45, 2.75) is 6.92 Å². The minimum Gasteiger partial charge on any atom is -0.258 e. The van der Waals surface area contributed by atoms with Gasteiger partial charge in [0.1, 0.15) is 0 Å². The molecule has 0 aliphatic carbocycles. The van der Waals surface area contributed by atoms with Gasteiger partial charge < -0.3 is 0 Å². The molecule has 3 heterocycles. The first-order chi connectivity index (χ1) is 12.6. The van der Waals surface area contributed by atoms with Crippen LogP contribution in [-0.2, 0) is 0 Å². The first-order valence-corrected chi connectivity index (χ1v) is 7.99. The van der Waals surface area contributed by atoms with E-state index in [1.54, 1.807) is 21.5 Å². The van der Waals surface area contributed by atoms with Crippen molar-refractivity contribution in [3.05, 3.63) is 70.5 Å². The standard InChI is InChI=1S/C18H12N6O2/c1-11-8-17-20-18(14-4-2-3-5-15(14)22(17)21-11)23-16-9-13(24(25)26)7-6-12(16)10-19-23/h2-10H,1H3. The third-order valence-electron chi connectivity index (χ3n) is 4.37. The summed E-state index contributed by atoms with van der Waals surface area (Å²) < 4.78 is 3.44. The molecule has 0 fully saturated rings. The number of hydrogen-bond acceptors (Lipinski definition) is 5. The number of nitro benzene ring substituents is 1. The number of para-hydroxylation sites is 1. The molecule has 0 saturated heterocycles. The van der Waals surface area contributed by atoms with Crippen LogP contribution in [-0.4, -0.2) is 29.3 Å². The Kier molecular flexibility index (Phi) is 2.84. The van der Waals surface area contributed by atoms with E-state index in [-0.39, 0.29) is 5.69 Å². The van der Waals surface area contributed by atoms with E-state index in [1.807, 2.05) is 37.3 Å². The zero-order valence-electron chi connectivity index (χ0n) is 13.7. The second kappa shape index (κ2) is 5.09. The van der Waals surface area contributed by atoms with Crippen LogP contribution in [0.4, 0.5) is 5.69 Å². The molecule has 26 heavy (non-hydrogen) atoms. The lowest BCUT2D eigenvalue weighted by atomic mass is 10.2. The topological polar surface area (TPSA) is 91.1 Å². The summed E-state index contributed by atoms with van der Waals surface area (Å²) in [5.41, 5.74) is 3.11. The monoisotopic (exact) mass is 344 g/mol. The van der Waals surface area contributed by atoms with Crippen molar-refractivity contribution in [2.75, 3.05) is 0 Å². The molecule has 0 aliphatic rings. The Balaban J connectivity index is 1.90. The Bertz CT molecular complexity index is 1330. The van der Waals surface area contributed by atoms with E-state index in [9.17, 15) is 10.1 Å². The first-order valence-electron chi connectivity index (χ1n) is 7.99. The second-order valence-electron chi connectivity index (χ2n) is 6.06. The van der Waals surface area contributed by atoms with Gasteiger partial charge in [-0.05, 0) is 25.1 Å². The highest BCUT2D eigenvalue weighted by molar-refractivity contribution is 5.91. The molecule has 0 amide bonds. The van der Waals surface area contributed by atoms with Crippen molar-refractivity contribution in [3.8, 4) is 5.82 Å². The zero-order chi connectivity index (χ0) is 17.8. The van der Waals surface area contributed by atoms with Crippen LogP contribution in [0.15, 0.2) is 54.7 Å². The highest BCUT2D eigenvalue weighted by Gasteiger charge is 2.16. The molecule has 126 valence electrons. The van der Waals surface area contributed by atoms with Crippen LogP contribution in [0.1, 0.15) is 5.69 Å². The molecule has 0 atom stereocenters. The van der Waals surface area contributed by atoms with Gasteiger partial charge >= 0.3 is 0 Å². The normalized spacial score (nSPS) is 11.6. The smallest absolute Gasteiger partial charge is 0.258 e. The number of benzene rings is 2. The van der Waals surface area contributed by atoms with E-state index >= 15 is 0 Å². The van der Waals surface area contributed by atoms with Gasteiger partial charge in [0, 0.05) is 29.0 Å². The van der Waals surface area contributed by atoms with E-state index in [0.29, 0.717) is 17.0 Å². The van der Waals surface area contributed by atoms with Crippen molar-refractivity contribution in [3.63, 3.8) is 0 Å². The summed E-state index contributed by atoms with van der Waals surface area (Å²) in [4.78, 5) is 15.5. The van der Waals surface area contributed by atoms with Gasteiger partial charge in [0.15, 0.2) is 11.5 Å². The summed E-state index contributed by atoms with van der Waals surface area (Å²) in [7, 11) is 0. The molecule has 0 bridgehead atoms. The van der Waals surface area contributed by atoms with Crippen LogP contribution in [0.3, 0.4) is 0 Å². The van der Waals surface area contributed by atoms with Crippen molar-refractivity contribution in [2.24, 2.45) is 0 Å². The molecule has 0 unspecified atom stereocenters. The lowest BCUT2D eigenvalue weighted by Gasteiger charge is -2.09. The molecule has 0 saturated carbocycles. The van der Waals surface area contributed by atoms with Crippen LogP contribution in [0, 0.1) is 17.0 Å². The summed E-state index contributed by atoms with van der Waals surface area (Å²) in [6, 6.07) is 14.4. The minimum absolute atomic E-state index is 0.0184. The average Bonchev–Trinajstić information content (AvgIpc) is 3.23. The molecule has 8 heteroatoms. The Morgan fingerprint density at radius 1 is 1.08 bits per heavy atom. The maximum absolute atomic E-state index is 11.2. The van der Waals surface area contributed by atoms with Gasteiger partial charge in [0.05, 0.1) is 27.8 Å². The highest BCUT2D eigenvalue weighted by atomic mass is 16.6. The van der Waals surface area contributed by atoms with Gasteiger partial charge in [-0.25, -0.2) is 14.2 Å². The molecule has 3 aromatic heterocycles. The lowest BCUT2D eigenvalue weighted by molar-refractivity contribution is -0.384. The van der Waals surface area contributed by atoms with E-state index < -0.39 is 4.92 Å². The van der Waals surface area contributed by atoms with Crippen LogP contribution in [0.25, 0.3) is 33.3 Å². The number of aryl methyl sites for hydroxylation is 1. The molecule has 0 aliphatic heterocycles. The SMILES string of the molecule is Cc1cc2nc(-n3ncc4ccc([N+](=O)[O-])cc43)c3ccccc3n2n1. The van der Waals surface area contributed by atoms with Crippen molar-refractivity contribution >= 4 is 33.1 Å². The molecule has 0 radical (unpaired) electrons. The summed E-state index contributed by atoms with van der Waals surface area (Å²) in [6.07, 6.45) is 1.68. The van der Waals surface area contributed by atoms with Crippen LogP contribution in [0.2, 0.25) is 0 Å². The van der Waals surface area contributed by atoms with E-state index in [1.165, 1.54) is 12.1 Å². The number of non-ortho nitro benzene ring substituents is 1. The summed E-state index contributed by atoms with van der Waals surface area (Å²) in [6.45, 7) is 1.91. The zero-order valence-corrected chi connectivity index (χ0v) is 13.7. The molecule has 5 aromatic rings. The predicted molar refractivity (Wildman–Crippen MR) is 96.5 cm³/mol. The van der Waals surface area contributed by atoms with E-state index in [0.717, 1.165) is 22.0 Å². The van der Waals surface area contributed by atoms with Gasteiger partial charge in [-0.3, -0.25) is 10.1 Å². The average molecular weight is 344 g/mol. The number of aromatic nitrogens is 5. The molecule has 0 spiro atoms. The van der Waals surface area contributed by atoms with Crippen molar-refractivity contribution < 1.29 is 4.92 Å². The minimum atomic E-state index is -0.411. The largest absolute Gasteiger partial charge is 0.271 e. The maximum atomic E-state index is 11.2. The van der Waals surface area contributed by atoms with Gasteiger partial charge in [-0.15, -0.1) is 0 Å². The Morgan fingerprint density at radius 2 is 1.92 bits per heavy atom. The second-order valence-corrected chi connectivity index (χ2v) is 6.06. The van der Waals surface area contributed by atoms with Crippen molar-refractivity contribution in [1.29, 1.82) is 0 Å². The number of rotatable bonds is 2. The van der Waals surface area contributed by atoms with Gasteiger partial charge in [0.2, 0.25) is 0 Å². The number of hydrogen-bond donors (Lipinski definition) is 0. The van der Waals surface area contributed by atoms with Gasteiger partial charge in [-0.2, -0.15) is 10.2 Å². The Labute approximate surface area is 146 Å². The molecule has 5 rings (SSSR count). The van der Waals surface area contributed by atoms with Gasteiger partial charge in [0.25, 0.3) is 5.69 Å². The predicted octanol–water partition coefficient (Wildman–Crippen LogP) is 3.44. The number of fused-ring (bicyclic) bond motifs is 4. The van der Waals surface area contributed by atoms with Crippen molar-refractivity contribution in [1.82, 2.24) is 24.4 Å². The summed E-state index contributed by atoms with van der Waals surface area (Å²) >= 11 is 0. The molecule has 0 N–H and O–H groups in total. The fraction of sp³-hybridized carbons (Fsp3) is 0.0556. The van der Waals surface area contributed by atoms with Crippen LogP contribution < -0.4 is 0 Å². The molecule has 8 nitrogen and oxygen atoms in total. The fourth-order valence-electron chi connectivity index (χ4n) is 3.21. The third kappa shape index (κ3) is 1.99. The first kappa shape index (κ1) is 14.5. The number of nitro groups is 1. The molecular formula is C18H12N6O2. The quantitative estimate of drug-likeness (QED) is 0.361. The summed E-state index contributed by atoms with van der Waals surface area (Å²) in [5, 5.41) is 21.8. The van der Waals surface area contributed by atoms with Crippen LogP contribution in [0.5, 0.6) is 0 Å². The Hall–Kier alpha value is -3.81. The Morgan fingerprint density at radius 3 is 2.77 bits per heavy atom. The maximum Gasteiger partial charge on any atom is 0.271 e. The molecular weight excluding hydrogens is 332 g/mol. The summed E-state index contributed by atoms with van der Waals surface area (Å²) in [5.74, 6) is 0.614. The highest BCUT2D eigenvalue weighted by Crippen LogP contribution is 2.27. The lowest BCUT2D eigenvalue weighted by Crippen LogP contribution is -2.04. The third-order valence-corrected chi connectivity index (χ3v) is 4.37. The van der Waals surface area contributed by atoms with E-state index in [4.69, 9.17) is 4.98 Å². The molecule has 2 aromatic carbocycles. The number of nitrogens with zero attached hydrogens (tertiary/aromatic N) is 6. The van der Waals surface area contributed by atoms with E-state index in [2.05, 4.69) is 10.2 Å².